The zero-order valence-corrected chi connectivity index (χ0v) is 7.28. The van der Waals surface area contributed by atoms with Gasteiger partial charge in [0.25, 0.3) is 0 Å². The third-order valence-corrected chi connectivity index (χ3v) is 4.64. The van der Waals surface area contributed by atoms with Crippen molar-refractivity contribution in [1.82, 2.24) is 0 Å². The summed E-state index contributed by atoms with van der Waals surface area (Å²) in [6.07, 6.45) is 2.43. The van der Waals surface area contributed by atoms with Crippen molar-refractivity contribution in [2.45, 2.75) is 10.6 Å². The summed E-state index contributed by atoms with van der Waals surface area (Å²) in [5.74, 6) is 0. The standard InChI is InChI=1S/C7H6O2S2/c8-11(9)5-1-2-6-3-4-10-7(6)11/h1,3-5H,2H2. The molecule has 2 heterocycles. The van der Waals surface area contributed by atoms with Gasteiger partial charge in [-0.2, -0.15) is 0 Å². The van der Waals surface area contributed by atoms with E-state index >= 15 is 0 Å². The lowest BCUT2D eigenvalue weighted by molar-refractivity contribution is 0.605. The van der Waals surface area contributed by atoms with Crippen molar-refractivity contribution in [3.8, 4) is 0 Å². The highest BCUT2D eigenvalue weighted by Gasteiger charge is 2.19. The van der Waals surface area contributed by atoms with Crippen LogP contribution in [0.1, 0.15) is 5.56 Å². The van der Waals surface area contributed by atoms with Crippen molar-refractivity contribution in [1.29, 1.82) is 0 Å². The number of fused-ring (bicyclic) bond motifs is 1. The molecule has 0 unspecified atom stereocenters. The lowest BCUT2D eigenvalue weighted by Gasteiger charge is -2.03. The van der Waals surface area contributed by atoms with Gasteiger partial charge >= 0.3 is 0 Å². The fraction of sp³-hybridized carbons (Fsp3) is 0.143. The number of hydrogen-bond donors (Lipinski definition) is 0. The quantitative estimate of drug-likeness (QED) is 0.616. The molecule has 1 aromatic heterocycles. The van der Waals surface area contributed by atoms with Gasteiger partial charge in [-0.05, 0) is 23.4 Å². The van der Waals surface area contributed by atoms with Crippen LogP contribution >= 0.6 is 11.3 Å². The summed E-state index contributed by atoms with van der Waals surface area (Å²) in [4.78, 5) is 0. The van der Waals surface area contributed by atoms with E-state index in [0.29, 0.717) is 4.21 Å². The first-order chi connectivity index (χ1) is 5.20. The first-order valence-corrected chi connectivity index (χ1v) is 5.61. The normalized spacial score (nSPS) is 19.6. The zero-order valence-electron chi connectivity index (χ0n) is 5.65. The molecule has 1 aromatic rings. The van der Waals surface area contributed by atoms with Crippen LogP contribution in [0, 0.1) is 0 Å². The van der Waals surface area contributed by atoms with Gasteiger partial charge in [0.1, 0.15) is 4.21 Å². The van der Waals surface area contributed by atoms with Crippen LogP contribution in [0.5, 0.6) is 0 Å². The van der Waals surface area contributed by atoms with E-state index in [1.54, 1.807) is 6.08 Å². The number of sulfone groups is 1. The number of rotatable bonds is 0. The zero-order chi connectivity index (χ0) is 7.90. The Morgan fingerprint density at radius 1 is 1.45 bits per heavy atom. The van der Waals surface area contributed by atoms with Crippen LogP contribution in [0.2, 0.25) is 0 Å². The Morgan fingerprint density at radius 3 is 3.00 bits per heavy atom. The van der Waals surface area contributed by atoms with E-state index in [0.717, 1.165) is 12.0 Å². The minimum Gasteiger partial charge on any atom is -0.218 e. The van der Waals surface area contributed by atoms with Gasteiger partial charge in [-0.15, -0.1) is 11.3 Å². The van der Waals surface area contributed by atoms with Crippen molar-refractivity contribution in [3.05, 3.63) is 28.5 Å². The molecule has 0 radical (unpaired) electrons. The highest BCUT2D eigenvalue weighted by molar-refractivity contribution is 7.96. The molecule has 0 saturated carbocycles. The van der Waals surface area contributed by atoms with E-state index in [1.165, 1.54) is 16.7 Å². The summed E-state index contributed by atoms with van der Waals surface area (Å²) >= 11 is 1.29. The Hall–Kier alpha value is -0.610. The van der Waals surface area contributed by atoms with Crippen molar-refractivity contribution in [2.75, 3.05) is 0 Å². The molecule has 11 heavy (non-hydrogen) atoms. The van der Waals surface area contributed by atoms with Gasteiger partial charge in [-0.3, -0.25) is 0 Å². The first kappa shape index (κ1) is 7.06. The van der Waals surface area contributed by atoms with E-state index in [2.05, 4.69) is 0 Å². The maximum atomic E-state index is 11.3. The molecule has 2 nitrogen and oxygen atoms in total. The van der Waals surface area contributed by atoms with Gasteiger partial charge in [0.15, 0.2) is 0 Å². The first-order valence-electron chi connectivity index (χ1n) is 3.18. The van der Waals surface area contributed by atoms with Crippen LogP contribution in [0.15, 0.2) is 27.1 Å². The molecule has 0 saturated heterocycles. The molecular weight excluding hydrogens is 180 g/mol. The highest BCUT2D eigenvalue weighted by Crippen LogP contribution is 2.28. The Balaban J connectivity index is 2.75. The molecule has 1 aliphatic heterocycles. The second kappa shape index (κ2) is 2.19. The average Bonchev–Trinajstić information content (AvgIpc) is 2.34. The fourth-order valence-electron chi connectivity index (χ4n) is 1.09. The van der Waals surface area contributed by atoms with Crippen LogP contribution in [-0.2, 0) is 16.3 Å². The summed E-state index contributed by atoms with van der Waals surface area (Å²) in [5.41, 5.74) is 0.928. The summed E-state index contributed by atoms with van der Waals surface area (Å²) in [6, 6.07) is 1.86. The van der Waals surface area contributed by atoms with Gasteiger partial charge in [0.2, 0.25) is 9.84 Å². The number of thiophene rings is 1. The second-order valence-corrected chi connectivity index (χ2v) is 5.30. The van der Waals surface area contributed by atoms with Crippen molar-refractivity contribution in [3.63, 3.8) is 0 Å². The maximum absolute atomic E-state index is 11.3. The monoisotopic (exact) mass is 186 g/mol. The van der Waals surface area contributed by atoms with Crippen LogP contribution < -0.4 is 0 Å². The smallest absolute Gasteiger partial charge is 0.209 e. The Morgan fingerprint density at radius 2 is 2.27 bits per heavy atom. The largest absolute Gasteiger partial charge is 0.218 e. The minimum atomic E-state index is -3.06. The van der Waals surface area contributed by atoms with Crippen molar-refractivity contribution >= 4 is 21.2 Å². The molecule has 0 N–H and O–H groups in total. The van der Waals surface area contributed by atoms with Crippen LogP contribution in [0.25, 0.3) is 0 Å². The summed E-state index contributed by atoms with van der Waals surface area (Å²) in [7, 11) is -3.06. The number of allylic oxidation sites excluding steroid dienone is 1. The molecule has 0 aromatic carbocycles. The lowest BCUT2D eigenvalue weighted by atomic mass is 10.2. The van der Waals surface area contributed by atoms with E-state index in [4.69, 9.17) is 0 Å². The highest BCUT2D eigenvalue weighted by atomic mass is 32.2. The SMILES string of the molecule is O=S1(=O)C=CCc2ccsc21. The summed E-state index contributed by atoms with van der Waals surface area (Å²) in [5, 5.41) is 3.10. The third-order valence-electron chi connectivity index (χ3n) is 1.58. The van der Waals surface area contributed by atoms with Crippen LogP contribution in [-0.4, -0.2) is 8.42 Å². The molecule has 4 heteroatoms. The third kappa shape index (κ3) is 1.02. The Labute approximate surface area is 69.1 Å². The molecule has 0 spiro atoms. The van der Waals surface area contributed by atoms with Crippen molar-refractivity contribution in [2.24, 2.45) is 0 Å². The molecule has 2 rings (SSSR count). The minimum absolute atomic E-state index is 0.514. The van der Waals surface area contributed by atoms with Crippen LogP contribution in [0.3, 0.4) is 0 Å². The van der Waals surface area contributed by atoms with E-state index in [1.807, 2.05) is 11.4 Å². The molecule has 58 valence electrons. The fourth-order valence-corrected chi connectivity index (χ4v) is 3.60. The predicted molar refractivity (Wildman–Crippen MR) is 44.3 cm³/mol. The maximum Gasteiger partial charge on any atom is 0.209 e. The van der Waals surface area contributed by atoms with Gasteiger partial charge in [-0.25, -0.2) is 8.42 Å². The van der Waals surface area contributed by atoms with Gasteiger partial charge in [0.05, 0.1) is 0 Å². The predicted octanol–water partition coefficient (Wildman–Crippen LogP) is 1.59. The van der Waals surface area contributed by atoms with E-state index in [-0.39, 0.29) is 0 Å². The lowest BCUT2D eigenvalue weighted by Crippen LogP contribution is -2.01. The molecule has 0 atom stereocenters. The molecule has 0 bridgehead atoms. The summed E-state index contributed by atoms with van der Waals surface area (Å²) < 4.78 is 23.0. The topological polar surface area (TPSA) is 34.1 Å². The van der Waals surface area contributed by atoms with Gasteiger partial charge in [-0.1, -0.05) is 6.08 Å². The molecule has 0 amide bonds. The Bertz CT molecular complexity index is 398. The number of hydrogen-bond acceptors (Lipinski definition) is 3. The molecular formula is C7H6O2S2. The molecule has 0 fully saturated rings. The second-order valence-electron chi connectivity index (χ2n) is 2.35. The Kier molecular flexibility index (Phi) is 1.40. The molecule has 0 aliphatic carbocycles. The average molecular weight is 186 g/mol. The van der Waals surface area contributed by atoms with E-state index < -0.39 is 9.84 Å². The van der Waals surface area contributed by atoms with E-state index in [9.17, 15) is 8.42 Å². The van der Waals surface area contributed by atoms with Crippen LogP contribution in [0.4, 0.5) is 0 Å². The molecule has 1 aliphatic rings. The summed E-state index contributed by atoms with van der Waals surface area (Å²) in [6.45, 7) is 0. The van der Waals surface area contributed by atoms with Crippen molar-refractivity contribution < 1.29 is 8.42 Å². The van der Waals surface area contributed by atoms with Gasteiger partial charge < -0.3 is 0 Å². The van der Waals surface area contributed by atoms with Gasteiger partial charge in [0, 0.05) is 5.41 Å².